The summed E-state index contributed by atoms with van der Waals surface area (Å²) < 4.78 is 23.0. The molecule has 1 fully saturated rings. The number of aliphatic hydroxyl groups excluding tert-OH is 1. The maximum Gasteiger partial charge on any atom is 0.264 e. The van der Waals surface area contributed by atoms with E-state index >= 15 is 4.79 Å². The van der Waals surface area contributed by atoms with Gasteiger partial charge < -0.3 is 39.6 Å². The Labute approximate surface area is 339 Å². The Morgan fingerprint density at radius 2 is 1.24 bits per heavy atom. The standard InChI is InChI=1S/C46H49N3O8Si/c1-29-42(58(5,6)38-22-20-37(56-4)21-23-38)41(25-26-50)57-46(29)39-27-34(48-44(52)32-11-18-36(55-3)19-12-32)15-24-40(39)49(45(46)53)28-30-7-13-33(14-8-30)47-43(51)31-9-16-35(54-2)17-10-31/h7-24,27,29,41-42,50H,25-26,28H2,1-6H3,(H,47,51)(H,48,52)/t29-,41+,42-,46+/m0/s1. The van der Waals surface area contributed by atoms with Crippen LogP contribution in [0.4, 0.5) is 17.1 Å². The Morgan fingerprint density at radius 3 is 1.76 bits per heavy atom. The van der Waals surface area contributed by atoms with Gasteiger partial charge in [-0.1, -0.05) is 49.5 Å². The SMILES string of the molecule is COc1ccc(C(=O)Nc2ccc(CN3C(=O)[C@]4(O[C@H](CCO)[C@@H]([Si](C)(C)c5ccc(OC)cc5)[C@@H]4C)c4cc(NC(=O)c5ccc(OC)cc5)ccc43)cc2)cc1. The first-order valence-corrected chi connectivity index (χ1v) is 22.4. The van der Waals surface area contributed by atoms with E-state index in [0.29, 0.717) is 51.7 Å². The number of nitrogens with zero attached hydrogens (tertiary/aromatic N) is 1. The zero-order chi connectivity index (χ0) is 41.2. The lowest BCUT2D eigenvalue weighted by Crippen LogP contribution is -2.51. The Balaban J connectivity index is 1.23. The number of carbonyl (C=O) groups is 3. The topological polar surface area (TPSA) is 136 Å². The van der Waals surface area contributed by atoms with Crippen molar-refractivity contribution in [2.45, 2.75) is 50.2 Å². The van der Waals surface area contributed by atoms with Gasteiger partial charge in [0.15, 0.2) is 5.60 Å². The minimum Gasteiger partial charge on any atom is -0.497 e. The van der Waals surface area contributed by atoms with Crippen LogP contribution in [-0.4, -0.2) is 64.9 Å². The third-order valence-electron chi connectivity index (χ3n) is 11.8. The first kappa shape index (κ1) is 40.3. The van der Waals surface area contributed by atoms with Crippen LogP contribution in [-0.2, 0) is 21.7 Å². The highest BCUT2D eigenvalue weighted by atomic mass is 28.3. The zero-order valence-corrected chi connectivity index (χ0v) is 34.6. The lowest BCUT2D eigenvalue weighted by molar-refractivity contribution is -0.146. The van der Waals surface area contributed by atoms with Crippen molar-refractivity contribution >= 4 is 48.0 Å². The van der Waals surface area contributed by atoms with Crippen molar-refractivity contribution in [3.8, 4) is 17.2 Å². The number of rotatable bonds is 13. The highest BCUT2D eigenvalue weighted by Gasteiger charge is 2.66. The molecule has 1 saturated heterocycles. The van der Waals surface area contributed by atoms with E-state index < -0.39 is 19.8 Å². The molecule has 300 valence electrons. The second-order valence-corrected chi connectivity index (χ2v) is 20.0. The summed E-state index contributed by atoms with van der Waals surface area (Å²) in [5.74, 6) is 1.01. The molecule has 3 amide bonds. The van der Waals surface area contributed by atoms with Gasteiger partial charge in [-0.15, -0.1) is 0 Å². The van der Waals surface area contributed by atoms with Crippen molar-refractivity contribution < 1.29 is 38.4 Å². The molecule has 5 aromatic carbocycles. The second-order valence-electron chi connectivity index (χ2n) is 15.4. The van der Waals surface area contributed by atoms with E-state index in [0.717, 1.165) is 11.3 Å². The highest BCUT2D eigenvalue weighted by Crippen LogP contribution is 2.60. The summed E-state index contributed by atoms with van der Waals surface area (Å²) in [4.78, 5) is 43.4. The summed E-state index contributed by atoms with van der Waals surface area (Å²) in [6, 6.07) is 34.8. The van der Waals surface area contributed by atoms with Crippen molar-refractivity contribution in [1.29, 1.82) is 0 Å². The molecule has 5 aromatic rings. The Hall–Kier alpha value is -5.95. The molecule has 0 aliphatic carbocycles. The van der Waals surface area contributed by atoms with Gasteiger partial charge in [0.25, 0.3) is 17.7 Å². The predicted molar refractivity (Wildman–Crippen MR) is 227 cm³/mol. The fraction of sp³-hybridized carbons (Fsp3) is 0.283. The first-order chi connectivity index (χ1) is 27.9. The molecule has 0 saturated carbocycles. The number of benzene rings is 5. The molecule has 2 heterocycles. The number of hydrogen-bond donors (Lipinski definition) is 3. The number of anilines is 3. The molecule has 2 aliphatic heterocycles. The molecule has 7 rings (SSSR count). The number of amides is 3. The number of carbonyl (C=O) groups excluding carboxylic acids is 3. The summed E-state index contributed by atoms with van der Waals surface area (Å²) in [6.45, 7) is 6.82. The normalized spacial score (nSPS) is 19.8. The number of hydrogen-bond acceptors (Lipinski definition) is 8. The maximum absolute atomic E-state index is 15.2. The minimum atomic E-state index is -2.41. The lowest BCUT2D eigenvalue weighted by atomic mass is 9.82. The van der Waals surface area contributed by atoms with Crippen LogP contribution in [0.15, 0.2) is 115 Å². The zero-order valence-electron chi connectivity index (χ0n) is 33.6. The van der Waals surface area contributed by atoms with Crippen molar-refractivity contribution in [2.75, 3.05) is 43.5 Å². The fourth-order valence-electron chi connectivity index (χ4n) is 8.71. The van der Waals surface area contributed by atoms with E-state index in [9.17, 15) is 14.7 Å². The van der Waals surface area contributed by atoms with Crippen molar-refractivity contribution in [2.24, 2.45) is 5.92 Å². The van der Waals surface area contributed by atoms with Crippen molar-refractivity contribution in [3.63, 3.8) is 0 Å². The number of methoxy groups -OCH3 is 3. The average molecular weight is 800 g/mol. The van der Waals surface area contributed by atoms with Crippen LogP contribution in [0.3, 0.4) is 0 Å². The molecule has 1 spiro atoms. The van der Waals surface area contributed by atoms with Gasteiger partial charge in [-0.25, -0.2) is 0 Å². The van der Waals surface area contributed by atoms with Gasteiger partial charge in [0.2, 0.25) is 0 Å². The van der Waals surface area contributed by atoms with Crippen LogP contribution in [0.2, 0.25) is 18.6 Å². The molecule has 3 N–H and O–H groups in total. The second kappa shape index (κ2) is 16.5. The molecule has 0 bridgehead atoms. The smallest absolute Gasteiger partial charge is 0.264 e. The van der Waals surface area contributed by atoms with Crippen LogP contribution in [0.25, 0.3) is 0 Å². The Bertz CT molecular complexity index is 2280. The van der Waals surface area contributed by atoms with E-state index in [1.807, 2.05) is 48.5 Å². The van der Waals surface area contributed by atoms with Gasteiger partial charge in [0, 0.05) is 40.6 Å². The molecule has 2 aliphatic rings. The Kier molecular flexibility index (Phi) is 11.4. The minimum absolute atomic E-state index is 0.0593. The van der Waals surface area contributed by atoms with Gasteiger partial charge in [0.05, 0.1) is 47.7 Å². The van der Waals surface area contributed by atoms with Crippen molar-refractivity contribution in [3.05, 3.63) is 138 Å². The number of ether oxygens (including phenoxy) is 4. The molecule has 0 unspecified atom stereocenters. The van der Waals surface area contributed by atoms with E-state index in [1.165, 1.54) is 5.19 Å². The van der Waals surface area contributed by atoms with Crippen LogP contribution < -0.4 is 34.9 Å². The van der Waals surface area contributed by atoms with E-state index in [4.69, 9.17) is 18.9 Å². The highest BCUT2D eigenvalue weighted by molar-refractivity contribution is 6.91. The number of nitrogens with one attached hydrogen (secondary N) is 2. The van der Waals surface area contributed by atoms with Crippen molar-refractivity contribution in [1.82, 2.24) is 0 Å². The molecule has 11 nitrogen and oxygen atoms in total. The van der Waals surface area contributed by atoms with Crippen LogP contribution in [0.1, 0.15) is 45.2 Å². The number of fused-ring (bicyclic) bond motifs is 2. The van der Waals surface area contributed by atoms with E-state index in [1.54, 1.807) is 80.8 Å². The molecular formula is C46H49N3O8Si. The lowest BCUT2D eigenvalue weighted by Gasteiger charge is -2.37. The molecule has 58 heavy (non-hydrogen) atoms. The third kappa shape index (κ3) is 7.46. The molecule has 0 aromatic heterocycles. The summed E-state index contributed by atoms with van der Waals surface area (Å²) in [5.41, 5.74) is 2.84. The third-order valence-corrected chi connectivity index (χ3v) is 16.1. The van der Waals surface area contributed by atoms with Gasteiger partial charge >= 0.3 is 0 Å². The predicted octanol–water partition coefficient (Wildman–Crippen LogP) is 7.36. The quantitative estimate of drug-likeness (QED) is 0.105. The van der Waals surface area contributed by atoms with Gasteiger partial charge in [-0.3, -0.25) is 14.4 Å². The van der Waals surface area contributed by atoms with Crippen LogP contribution in [0, 0.1) is 5.92 Å². The molecule has 0 radical (unpaired) electrons. The average Bonchev–Trinajstić information content (AvgIpc) is 3.67. The summed E-state index contributed by atoms with van der Waals surface area (Å²) in [6.07, 6.45) is -0.0459. The fourth-order valence-corrected chi connectivity index (χ4v) is 12.8. The molecule has 12 heteroatoms. The maximum atomic E-state index is 15.2. The largest absolute Gasteiger partial charge is 0.497 e. The monoisotopic (exact) mass is 799 g/mol. The van der Waals surface area contributed by atoms with E-state index in [2.05, 4.69) is 42.8 Å². The van der Waals surface area contributed by atoms with Gasteiger partial charge in [-0.05, 0) is 109 Å². The molecule has 4 atom stereocenters. The summed E-state index contributed by atoms with van der Waals surface area (Å²) in [5, 5.41) is 17.5. The molecular weight excluding hydrogens is 751 g/mol. The van der Waals surface area contributed by atoms with Gasteiger partial charge in [-0.2, -0.15) is 0 Å². The van der Waals surface area contributed by atoms with Crippen LogP contribution >= 0.6 is 0 Å². The van der Waals surface area contributed by atoms with Crippen LogP contribution in [0.5, 0.6) is 17.2 Å². The summed E-state index contributed by atoms with van der Waals surface area (Å²) in [7, 11) is 2.38. The number of aliphatic hydroxyl groups is 1. The summed E-state index contributed by atoms with van der Waals surface area (Å²) >= 11 is 0. The van der Waals surface area contributed by atoms with Gasteiger partial charge in [0.1, 0.15) is 17.2 Å². The first-order valence-electron chi connectivity index (χ1n) is 19.3. The Morgan fingerprint density at radius 1 is 0.741 bits per heavy atom. The van der Waals surface area contributed by atoms with E-state index in [-0.39, 0.29) is 42.3 Å².